The van der Waals surface area contributed by atoms with Gasteiger partial charge < -0.3 is 33.2 Å². The maximum Gasteiger partial charge on any atom is 0.317 e. The van der Waals surface area contributed by atoms with Crippen molar-refractivity contribution in [2.24, 2.45) is 11.8 Å². The van der Waals surface area contributed by atoms with Gasteiger partial charge in [0.05, 0.1) is 40.5 Å². The van der Waals surface area contributed by atoms with E-state index >= 15 is 0 Å². The van der Waals surface area contributed by atoms with Crippen LogP contribution in [0.5, 0.6) is 17.2 Å². The van der Waals surface area contributed by atoms with E-state index in [1.54, 1.807) is 19.1 Å². The number of esters is 2. The van der Waals surface area contributed by atoms with Crippen molar-refractivity contribution < 1.29 is 47.5 Å². The Labute approximate surface area is 199 Å². The summed E-state index contributed by atoms with van der Waals surface area (Å²) in [5, 5.41) is 0. The van der Waals surface area contributed by atoms with E-state index in [9.17, 15) is 14.4 Å². The summed E-state index contributed by atoms with van der Waals surface area (Å²) < 4.78 is 37.0. The SMILES string of the molecule is COCCOC(=O)C1C(=O)C=C(C)C(C(=O)OCCOC)C1c1ccc(OC)c(OC)c1OC. The molecule has 34 heavy (non-hydrogen) atoms. The first-order chi connectivity index (χ1) is 16.4. The van der Waals surface area contributed by atoms with Crippen LogP contribution >= 0.6 is 0 Å². The molecule has 1 aromatic carbocycles. The minimum atomic E-state index is -1.31. The van der Waals surface area contributed by atoms with Gasteiger partial charge in [-0.05, 0) is 19.1 Å². The number of rotatable bonds is 12. The first kappa shape index (κ1) is 27.1. The van der Waals surface area contributed by atoms with E-state index in [0.717, 1.165) is 0 Å². The molecule has 2 rings (SSSR count). The average molecular weight is 481 g/mol. The highest BCUT2D eigenvalue weighted by Gasteiger charge is 2.49. The smallest absolute Gasteiger partial charge is 0.317 e. The van der Waals surface area contributed by atoms with Gasteiger partial charge in [-0.1, -0.05) is 11.6 Å². The van der Waals surface area contributed by atoms with Crippen molar-refractivity contribution >= 4 is 17.7 Å². The number of carbonyl (C=O) groups is 3. The molecule has 0 aliphatic heterocycles. The Balaban J connectivity index is 2.66. The van der Waals surface area contributed by atoms with Gasteiger partial charge in [0, 0.05) is 25.7 Å². The zero-order valence-electron chi connectivity index (χ0n) is 20.4. The van der Waals surface area contributed by atoms with E-state index in [1.807, 2.05) is 0 Å². The van der Waals surface area contributed by atoms with Gasteiger partial charge in [-0.3, -0.25) is 14.4 Å². The van der Waals surface area contributed by atoms with Crippen molar-refractivity contribution in [3.8, 4) is 17.2 Å². The lowest BCUT2D eigenvalue weighted by atomic mass is 9.68. The summed E-state index contributed by atoms with van der Waals surface area (Å²) in [5.41, 5.74) is 0.860. The maximum absolute atomic E-state index is 13.2. The maximum atomic E-state index is 13.2. The van der Waals surface area contributed by atoms with Crippen LogP contribution in [0, 0.1) is 11.8 Å². The van der Waals surface area contributed by atoms with Crippen LogP contribution in [-0.2, 0) is 33.3 Å². The molecule has 0 saturated heterocycles. The molecule has 188 valence electrons. The molecule has 0 N–H and O–H groups in total. The second-order valence-corrected chi connectivity index (χ2v) is 7.52. The van der Waals surface area contributed by atoms with Gasteiger partial charge in [-0.2, -0.15) is 0 Å². The van der Waals surface area contributed by atoms with Crippen LogP contribution in [0.2, 0.25) is 0 Å². The van der Waals surface area contributed by atoms with E-state index in [2.05, 4.69) is 0 Å². The van der Waals surface area contributed by atoms with Gasteiger partial charge in [0.25, 0.3) is 0 Å². The van der Waals surface area contributed by atoms with Crippen molar-refractivity contribution in [3.63, 3.8) is 0 Å². The van der Waals surface area contributed by atoms with Crippen LogP contribution in [0.25, 0.3) is 0 Å². The van der Waals surface area contributed by atoms with E-state index in [1.165, 1.54) is 41.6 Å². The second-order valence-electron chi connectivity index (χ2n) is 7.52. The Kier molecular flexibility index (Phi) is 10.3. The number of carbonyl (C=O) groups excluding carboxylic acids is 3. The number of ether oxygens (including phenoxy) is 7. The van der Waals surface area contributed by atoms with Gasteiger partial charge in [0.15, 0.2) is 17.3 Å². The largest absolute Gasteiger partial charge is 0.493 e. The Hall–Kier alpha value is -3.11. The monoisotopic (exact) mass is 480 g/mol. The summed E-state index contributed by atoms with van der Waals surface area (Å²) in [7, 11) is 7.29. The Morgan fingerprint density at radius 2 is 1.32 bits per heavy atom. The van der Waals surface area contributed by atoms with Crippen LogP contribution in [0.4, 0.5) is 0 Å². The molecule has 0 spiro atoms. The van der Waals surface area contributed by atoms with E-state index in [0.29, 0.717) is 16.9 Å². The Morgan fingerprint density at radius 1 is 0.765 bits per heavy atom. The molecular weight excluding hydrogens is 448 g/mol. The summed E-state index contributed by atoms with van der Waals surface area (Å²) >= 11 is 0. The quantitative estimate of drug-likeness (QED) is 0.250. The zero-order valence-corrected chi connectivity index (χ0v) is 20.4. The molecule has 1 aromatic rings. The van der Waals surface area contributed by atoms with Gasteiger partial charge in [-0.25, -0.2) is 0 Å². The normalized spacial score (nSPS) is 19.8. The molecule has 1 aliphatic rings. The fraction of sp³-hybridized carbons (Fsp3) is 0.542. The van der Waals surface area contributed by atoms with Crippen molar-refractivity contribution in [2.75, 3.05) is 62.0 Å². The molecular formula is C24H32O10. The first-order valence-corrected chi connectivity index (χ1v) is 10.7. The lowest BCUT2D eigenvalue weighted by Gasteiger charge is -2.35. The van der Waals surface area contributed by atoms with E-state index in [-0.39, 0.29) is 37.9 Å². The van der Waals surface area contributed by atoms with Crippen LogP contribution in [-0.4, -0.2) is 79.7 Å². The lowest BCUT2D eigenvalue weighted by molar-refractivity contribution is -0.156. The Bertz CT molecular complexity index is 907. The number of hydrogen-bond acceptors (Lipinski definition) is 10. The minimum absolute atomic E-state index is 0.0196. The topological polar surface area (TPSA) is 116 Å². The summed E-state index contributed by atoms with van der Waals surface area (Å²) in [6.07, 6.45) is 1.29. The third-order valence-electron chi connectivity index (χ3n) is 5.55. The molecule has 0 saturated carbocycles. The predicted octanol–water partition coefficient (Wildman–Crippen LogP) is 1.94. The summed E-state index contributed by atoms with van der Waals surface area (Å²) in [5.74, 6) is -4.22. The molecule has 0 amide bonds. The second kappa shape index (κ2) is 13.0. The average Bonchev–Trinajstić information content (AvgIpc) is 2.82. The van der Waals surface area contributed by atoms with Crippen LogP contribution < -0.4 is 14.2 Å². The molecule has 10 nitrogen and oxygen atoms in total. The van der Waals surface area contributed by atoms with Crippen molar-refractivity contribution in [1.29, 1.82) is 0 Å². The van der Waals surface area contributed by atoms with Gasteiger partial charge in [0.2, 0.25) is 5.75 Å². The number of ketones is 1. The zero-order chi connectivity index (χ0) is 25.3. The molecule has 10 heteroatoms. The van der Waals surface area contributed by atoms with Gasteiger partial charge in [-0.15, -0.1) is 0 Å². The fourth-order valence-electron chi connectivity index (χ4n) is 4.03. The number of methoxy groups -OCH3 is 5. The number of allylic oxidation sites excluding steroid dienone is 1. The predicted molar refractivity (Wildman–Crippen MR) is 120 cm³/mol. The lowest BCUT2D eigenvalue weighted by Crippen LogP contribution is -2.42. The van der Waals surface area contributed by atoms with E-state index < -0.39 is 35.5 Å². The summed E-state index contributed by atoms with van der Waals surface area (Å²) in [4.78, 5) is 39.4. The molecule has 3 unspecified atom stereocenters. The highest BCUT2D eigenvalue weighted by atomic mass is 16.6. The van der Waals surface area contributed by atoms with Crippen molar-refractivity contribution in [1.82, 2.24) is 0 Å². The standard InChI is InChI=1S/C24H32O10/c1-14-13-16(25)20(24(27)34-12-10-29-3)19(18(14)23(26)33-11-9-28-2)15-7-8-17(30-4)22(32-6)21(15)31-5/h7-8,13,18-20H,9-12H2,1-6H3. The fourth-order valence-corrected chi connectivity index (χ4v) is 4.03. The number of hydrogen-bond donors (Lipinski definition) is 0. The van der Waals surface area contributed by atoms with Crippen molar-refractivity contribution in [3.05, 3.63) is 29.3 Å². The highest BCUT2D eigenvalue weighted by molar-refractivity contribution is 6.08. The molecule has 0 heterocycles. The molecule has 0 aromatic heterocycles. The third-order valence-corrected chi connectivity index (χ3v) is 5.55. The van der Waals surface area contributed by atoms with E-state index in [4.69, 9.17) is 33.2 Å². The van der Waals surface area contributed by atoms with Crippen molar-refractivity contribution in [2.45, 2.75) is 12.8 Å². The molecule has 0 fully saturated rings. The minimum Gasteiger partial charge on any atom is -0.493 e. The molecule has 0 radical (unpaired) electrons. The molecule has 0 bridgehead atoms. The van der Waals surface area contributed by atoms with Crippen LogP contribution in [0.1, 0.15) is 18.4 Å². The van der Waals surface area contributed by atoms with Gasteiger partial charge >= 0.3 is 11.9 Å². The Morgan fingerprint density at radius 3 is 1.82 bits per heavy atom. The molecule has 1 aliphatic carbocycles. The van der Waals surface area contributed by atoms with Crippen LogP contribution in [0.3, 0.4) is 0 Å². The van der Waals surface area contributed by atoms with Gasteiger partial charge in [0.1, 0.15) is 19.1 Å². The summed E-state index contributed by atoms with van der Waals surface area (Å²) in [6, 6.07) is 3.26. The van der Waals surface area contributed by atoms with Crippen LogP contribution in [0.15, 0.2) is 23.8 Å². The number of benzene rings is 1. The summed E-state index contributed by atoms with van der Waals surface area (Å²) in [6.45, 7) is 1.99. The highest BCUT2D eigenvalue weighted by Crippen LogP contribution is 2.50. The third kappa shape index (κ3) is 5.87. The first-order valence-electron chi connectivity index (χ1n) is 10.7. The molecule has 3 atom stereocenters.